The van der Waals surface area contributed by atoms with E-state index in [0.717, 1.165) is 17.7 Å². The van der Waals surface area contributed by atoms with Gasteiger partial charge in [0.15, 0.2) is 6.10 Å². The molecule has 0 unspecified atom stereocenters. The highest BCUT2D eigenvalue weighted by atomic mass is 19.1. The fraction of sp³-hybridized carbons (Fsp3) is 0.450. The lowest BCUT2D eigenvalue weighted by Gasteiger charge is -2.36. The van der Waals surface area contributed by atoms with Gasteiger partial charge in [0.25, 0.3) is 5.91 Å². The third kappa shape index (κ3) is 4.06. The second-order valence-corrected chi connectivity index (χ2v) is 6.97. The molecule has 0 N–H and O–H groups in total. The van der Waals surface area contributed by atoms with Crippen LogP contribution in [0.2, 0.25) is 0 Å². The van der Waals surface area contributed by atoms with Gasteiger partial charge in [-0.1, -0.05) is 0 Å². The van der Waals surface area contributed by atoms with E-state index in [1.807, 2.05) is 6.20 Å². The predicted octanol–water partition coefficient (Wildman–Crippen LogP) is 1.80. The van der Waals surface area contributed by atoms with Crippen LogP contribution >= 0.6 is 0 Å². The minimum absolute atomic E-state index is 0.0764. The molecule has 0 aliphatic carbocycles. The quantitative estimate of drug-likeness (QED) is 0.798. The molecule has 3 heterocycles. The minimum atomic E-state index is -0.628. The van der Waals surface area contributed by atoms with Gasteiger partial charge in [-0.15, -0.1) is 0 Å². The summed E-state index contributed by atoms with van der Waals surface area (Å²) in [6.07, 6.45) is 2.02. The molecular formula is C20H23FN4O3. The number of amides is 1. The van der Waals surface area contributed by atoms with Crippen LogP contribution in [0.3, 0.4) is 0 Å². The Hall–Kier alpha value is -2.74. The van der Waals surface area contributed by atoms with E-state index in [1.54, 1.807) is 11.8 Å². The zero-order chi connectivity index (χ0) is 19.5. The van der Waals surface area contributed by atoms with E-state index >= 15 is 0 Å². The normalized spacial score (nSPS) is 17.8. The van der Waals surface area contributed by atoms with Crippen LogP contribution < -0.4 is 9.64 Å². The van der Waals surface area contributed by atoms with Crippen LogP contribution in [0.15, 0.2) is 30.5 Å². The molecule has 2 aliphatic heterocycles. The number of benzene rings is 1. The lowest BCUT2D eigenvalue weighted by atomic mass is 10.1. The fourth-order valence-corrected chi connectivity index (χ4v) is 3.42. The Bertz CT molecular complexity index is 838. The first-order chi connectivity index (χ1) is 13.6. The Labute approximate surface area is 163 Å². The number of hydrogen-bond donors (Lipinski definition) is 0. The van der Waals surface area contributed by atoms with E-state index < -0.39 is 6.10 Å². The molecule has 1 saturated heterocycles. The summed E-state index contributed by atoms with van der Waals surface area (Å²) >= 11 is 0. The summed E-state index contributed by atoms with van der Waals surface area (Å²) in [5.74, 6) is 0.780. The summed E-state index contributed by atoms with van der Waals surface area (Å²) in [5.41, 5.74) is 2.10. The Morgan fingerprint density at radius 3 is 2.71 bits per heavy atom. The molecule has 7 nitrogen and oxygen atoms in total. The number of anilines is 1. The molecule has 0 spiro atoms. The Balaban J connectivity index is 1.33. The van der Waals surface area contributed by atoms with Crippen LogP contribution in [-0.2, 0) is 22.6 Å². The number of aromatic nitrogens is 2. The Morgan fingerprint density at radius 1 is 1.21 bits per heavy atom. The molecular weight excluding hydrogens is 363 g/mol. The summed E-state index contributed by atoms with van der Waals surface area (Å²) < 4.78 is 24.1. The van der Waals surface area contributed by atoms with E-state index in [0.29, 0.717) is 51.1 Å². The lowest BCUT2D eigenvalue weighted by molar-refractivity contribution is -0.138. The smallest absolute Gasteiger partial charge is 0.263 e. The van der Waals surface area contributed by atoms with E-state index in [9.17, 15) is 9.18 Å². The first-order valence-electron chi connectivity index (χ1n) is 9.48. The summed E-state index contributed by atoms with van der Waals surface area (Å²) in [7, 11) is 0. The molecule has 1 fully saturated rings. The van der Waals surface area contributed by atoms with Crippen LogP contribution in [0.5, 0.6) is 5.75 Å². The maximum Gasteiger partial charge on any atom is 0.263 e. The van der Waals surface area contributed by atoms with Gasteiger partial charge in [-0.2, -0.15) is 0 Å². The maximum absolute atomic E-state index is 13.0. The summed E-state index contributed by atoms with van der Waals surface area (Å²) in [5, 5.41) is 0. The first kappa shape index (κ1) is 18.6. The van der Waals surface area contributed by atoms with Crippen LogP contribution in [0.25, 0.3) is 0 Å². The van der Waals surface area contributed by atoms with Crippen molar-refractivity contribution in [2.75, 3.05) is 37.7 Å². The van der Waals surface area contributed by atoms with Gasteiger partial charge in [-0.05, 0) is 31.2 Å². The summed E-state index contributed by atoms with van der Waals surface area (Å²) in [6.45, 7) is 5.49. The van der Waals surface area contributed by atoms with Crippen molar-refractivity contribution in [3.05, 3.63) is 47.5 Å². The molecule has 8 heteroatoms. The lowest BCUT2D eigenvalue weighted by Crippen LogP contribution is -2.52. The average molecular weight is 386 g/mol. The zero-order valence-corrected chi connectivity index (χ0v) is 15.8. The van der Waals surface area contributed by atoms with Gasteiger partial charge in [0.1, 0.15) is 11.6 Å². The zero-order valence-electron chi connectivity index (χ0n) is 15.8. The van der Waals surface area contributed by atoms with E-state index in [1.165, 1.54) is 24.3 Å². The molecule has 0 radical (unpaired) electrons. The van der Waals surface area contributed by atoms with Crippen molar-refractivity contribution in [1.29, 1.82) is 0 Å². The van der Waals surface area contributed by atoms with Crippen molar-refractivity contribution in [2.45, 2.75) is 26.1 Å². The Morgan fingerprint density at radius 2 is 1.96 bits per heavy atom. The SMILES string of the molecule is C[C@@H](Oc1ccc(F)cc1)C(=O)N1CCN(c2ncc3c(n2)CCOC3)CC1. The minimum Gasteiger partial charge on any atom is -0.481 e. The standard InChI is InChI=1S/C20H23FN4O3/c1-14(28-17-4-2-16(21)3-5-17)19(26)24-7-9-25(10-8-24)20-22-12-15-13-27-11-6-18(15)23-20/h2-5,12,14H,6-11,13H2,1H3/t14-/m1/s1. The Kier molecular flexibility index (Phi) is 5.38. The molecule has 4 rings (SSSR count). The molecule has 1 amide bonds. The van der Waals surface area contributed by atoms with Crippen LogP contribution in [-0.4, -0.2) is 59.7 Å². The molecule has 0 bridgehead atoms. The van der Waals surface area contributed by atoms with Gasteiger partial charge < -0.3 is 19.3 Å². The molecule has 28 heavy (non-hydrogen) atoms. The number of nitrogens with zero attached hydrogens (tertiary/aromatic N) is 4. The third-order valence-corrected chi connectivity index (χ3v) is 5.03. The monoisotopic (exact) mass is 386 g/mol. The van der Waals surface area contributed by atoms with Gasteiger partial charge in [0.2, 0.25) is 5.95 Å². The number of ether oxygens (including phenoxy) is 2. The maximum atomic E-state index is 13.0. The number of carbonyl (C=O) groups is 1. The van der Waals surface area contributed by atoms with E-state index in [2.05, 4.69) is 14.9 Å². The van der Waals surface area contributed by atoms with Gasteiger partial charge in [0, 0.05) is 44.4 Å². The fourth-order valence-electron chi connectivity index (χ4n) is 3.42. The number of carbonyl (C=O) groups excluding carboxylic acids is 1. The largest absolute Gasteiger partial charge is 0.481 e. The highest BCUT2D eigenvalue weighted by molar-refractivity contribution is 5.81. The second-order valence-electron chi connectivity index (χ2n) is 6.97. The van der Waals surface area contributed by atoms with Gasteiger partial charge in [0.05, 0.1) is 18.9 Å². The van der Waals surface area contributed by atoms with Crippen molar-refractivity contribution in [2.24, 2.45) is 0 Å². The van der Waals surface area contributed by atoms with Gasteiger partial charge in [-0.3, -0.25) is 4.79 Å². The molecule has 0 saturated carbocycles. The number of fused-ring (bicyclic) bond motifs is 1. The van der Waals surface area contributed by atoms with Crippen molar-refractivity contribution < 1.29 is 18.7 Å². The first-order valence-corrected chi connectivity index (χ1v) is 9.48. The molecule has 2 aliphatic rings. The highest BCUT2D eigenvalue weighted by Gasteiger charge is 2.27. The topological polar surface area (TPSA) is 67.8 Å². The summed E-state index contributed by atoms with van der Waals surface area (Å²) in [4.78, 5) is 25.7. The van der Waals surface area contributed by atoms with Crippen molar-refractivity contribution in [3.63, 3.8) is 0 Å². The molecule has 1 aromatic carbocycles. The number of halogens is 1. The van der Waals surface area contributed by atoms with Crippen LogP contribution in [0, 0.1) is 5.82 Å². The van der Waals surface area contributed by atoms with Crippen molar-refractivity contribution in [1.82, 2.24) is 14.9 Å². The van der Waals surface area contributed by atoms with E-state index in [4.69, 9.17) is 9.47 Å². The van der Waals surface area contributed by atoms with Crippen LogP contribution in [0.4, 0.5) is 10.3 Å². The summed E-state index contributed by atoms with van der Waals surface area (Å²) in [6, 6.07) is 5.68. The number of rotatable bonds is 4. The van der Waals surface area contributed by atoms with Gasteiger partial charge in [-0.25, -0.2) is 14.4 Å². The molecule has 148 valence electrons. The predicted molar refractivity (Wildman–Crippen MR) is 101 cm³/mol. The van der Waals surface area contributed by atoms with Crippen molar-refractivity contribution >= 4 is 11.9 Å². The molecule has 2 aromatic rings. The molecule has 1 aromatic heterocycles. The van der Waals surface area contributed by atoms with E-state index in [-0.39, 0.29) is 11.7 Å². The van der Waals surface area contributed by atoms with Crippen molar-refractivity contribution in [3.8, 4) is 5.75 Å². The van der Waals surface area contributed by atoms with Crippen LogP contribution in [0.1, 0.15) is 18.2 Å². The van der Waals surface area contributed by atoms with Gasteiger partial charge >= 0.3 is 0 Å². The second kappa shape index (κ2) is 8.10. The number of piperazine rings is 1. The molecule has 1 atom stereocenters. The number of hydrogen-bond acceptors (Lipinski definition) is 6. The third-order valence-electron chi connectivity index (χ3n) is 5.03. The highest BCUT2D eigenvalue weighted by Crippen LogP contribution is 2.19. The average Bonchev–Trinajstić information content (AvgIpc) is 2.74.